The maximum atomic E-state index is 6.27. The van der Waals surface area contributed by atoms with Crippen molar-refractivity contribution in [3.63, 3.8) is 0 Å². The smallest absolute Gasteiger partial charge is 0.127 e. The minimum absolute atomic E-state index is 0.0858. The summed E-state index contributed by atoms with van der Waals surface area (Å²) >= 11 is 9.76. The SMILES string of the molecule is CC(Cl)c1nc2cc(Br)ccc2n1C(C)C(C)C. The van der Waals surface area contributed by atoms with Gasteiger partial charge in [0.2, 0.25) is 0 Å². The summed E-state index contributed by atoms with van der Waals surface area (Å²) < 4.78 is 3.31. The molecule has 2 aromatic rings. The van der Waals surface area contributed by atoms with Crippen LogP contribution in [0.15, 0.2) is 22.7 Å². The number of halogens is 2. The number of imidazole rings is 1. The number of benzene rings is 1. The number of hydrogen-bond acceptors (Lipinski definition) is 1. The highest BCUT2D eigenvalue weighted by Crippen LogP contribution is 2.31. The molecule has 0 bridgehead atoms. The third-order valence-electron chi connectivity index (χ3n) is 3.41. The molecule has 2 unspecified atom stereocenters. The van der Waals surface area contributed by atoms with Crippen LogP contribution < -0.4 is 0 Å². The van der Waals surface area contributed by atoms with E-state index in [-0.39, 0.29) is 5.38 Å². The lowest BCUT2D eigenvalue weighted by atomic mass is 10.1. The van der Waals surface area contributed by atoms with Crippen molar-refractivity contribution in [2.45, 2.75) is 39.1 Å². The topological polar surface area (TPSA) is 17.8 Å². The molecule has 0 saturated carbocycles. The molecule has 0 aliphatic heterocycles. The summed E-state index contributed by atoms with van der Waals surface area (Å²) in [6.45, 7) is 8.63. The van der Waals surface area contributed by atoms with Crippen LogP contribution in [-0.2, 0) is 0 Å². The second-order valence-corrected chi connectivity index (χ2v) is 6.64. The van der Waals surface area contributed by atoms with E-state index in [0.29, 0.717) is 12.0 Å². The fourth-order valence-corrected chi connectivity index (χ4v) is 2.60. The largest absolute Gasteiger partial charge is 0.324 e. The van der Waals surface area contributed by atoms with E-state index in [1.54, 1.807) is 0 Å². The predicted octanol–water partition coefficient (Wildman–Crippen LogP) is 5.32. The Balaban J connectivity index is 2.70. The molecule has 0 amide bonds. The fraction of sp³-hybridized carbons (Fsp3) is 0.500. The number of hydrogen-bond donors (Lipinski definition) is 0. The van der Waals surface area contributed by atoms with E-state index in [1.807, 2.05) is 13.0 Å². The van der Waals surface area contributed by atoms with Gasteiger partial charge < -0.3 is 4.57 Å². The maximum Gasteiger partial charge on any atom is 0.127 e. The van der Waals surface area contributed by atoms with Gasteiger partial charge in [-0.25, -0.2) is 4.98 Å². The molecule has 0 aliphatic carbocycles. The molecule has 0 aliphatic rings. The lowest BCUT2D eigenvalue weighted by molar-refractivity contribution is 0.405. The molecule has 0 fully saturated rings. The molecule has 1 aromatic carbocycles. The van der Waals surface area contributed by atoms with E-state index in [9.17, 15) is 0 Å². The van der Waals surface area contributed by atoms with Gasteiger partial charge in [-0.05, 0) is 38.0 Å². The molecule has 0 spiro atoms. The van der Waals surface area contributed by atoms with Crippen LogP contribution in [0.4, 0.5) is 0 Å². The van der Waals surface area contributed by atoms with Gasteiger partial charge in [0, 0.05) is 10.5 Å². The van der Waals surface area contributed by atoms with E-state index >= 15 is 0 Å². The second-order valence-electron chi connectivity index (χ2n) is 5.07. The van der Waals surface area contributed by atoms with E-state index in [1.165, 1.54) is 0 Å². The van der Waals surface area contributed by atoms with Crippen LogP contribution in [0.3, 0.4) is 0 Å². The van der Waals surface area contributed by atoms with Crippen LogP contribution in [0.2, 0.25) is 0 Å². The summed E-state index contributed by atoms with van der Waals surface area (Å²) in [5.41, 5.74) is 2.15. The molecule has 2 nitrogen and oxygen atoms in total. The van der Waals surface area contributed by atoms with Gasteiger partial charge in [0.25, 0.3) is 0 Å². The number of aromatic nitrogens is 2. The van der Waals surface area contributed by atoms with Gasteiger partial charge in [-0.15, -0.1) is 11.6 Å². The molecule has 4 heteroatoms. The summed E-state index contributed by atoms with van der Waals surface area (Å²) in [4.78, 5) is 4.68. The third kappa shape index (κ3) is 2.43. The Kier molecular flexibility index (Phi) is 4.02. The van der Waals surface area contributed by atoms with Crippen molar-refractivity contribution in [1.29, 1.82) is 0 Å². The Morgan fingerprint density at radius 2 is 1.89 bits per heavy atom. The van der Waals surface area contributed by atoms with Crippen LogP contribution >= 0.6 is 27.5 Å². The summed E-state index contributed by atoms with van der Waals surface area (Å²) in [7, 11) is 0. The molecular weight excluding hydrogens is 312 g/mol. The van der Waals surface area contributed by atoms with E-state index < -0.39 is 0 Å². The average Bonchev–Trinajstić information content (AvgIpc) is 2.66. The van der Waals surface area contributed by atoms with Gasteiger partial charge in [-0.1, -0.05) is 29.8 Å². The first-order chi connectivity index (χ1) is 8.41. The third-order valence-corrected chi connectivity index (χ3v) is 4.10. The molecule has 2 atom stereocenters. The Morgan fingerprint density at radius 3 is 2.44 bits per heavy atom. The van der Waals surface area contributed by atoms with Crippen molar-refractivity contribution in [1.82, 2.24) is 9.55 Å². The minimum Gasteiger partial charge on any atom is -0.324 e. The predicted molar refractivity (Wildman–Crippen MR) is 81.3 cm³/mol. The second kappa shape index (κ2) is 5.22. The Hall–Kier alpha value is -0.540. The Bertz CT molecular complexity index is 560. The first-order valence-corrected chi connectivity index (χ1v) is 7.46. The Morgan fingerprint density at radius 1 is 1.22 bits per heavy atom. The van der Waals surface area contributed by atoms with Crippen molar-refractivity contribution >= 4 is 38.6 Å². The molecule has 0 saturated heterocycles. The van der Waals surface area contributed by atoms with Crippen LogP contribution in [0.25, 0.3) is 11.0 Å². The molecule has 1 aromatic heterocycles. The summed E-state index contributed by atoms with van der Waals surface area (Å²) in [6, 6.07) is 6.58. The van der Waals surface area contributed by atoms with Crippen molar-refractivity contribution < 1.29 is 0 Å². The first-order valence-electron chi connectivity index (χ1n) is 6.23. The minimum atomic E-state index is -0.0858. The molecule has 0 N–H and O–H groups in total. The van der Waals surface area contributed by atoms with Gasteiger partial charge in [0.05, 0.1) is 16.4 Å². The zero-order chi connectivity index (χ0) is 13.4. The average molecular weight is 330 g/mol. The number of nitrogens with zero attached hydrogens (tertiary/aromatic N) is 2. The van der Waals surface area contributed by atoms with Crippen molar-refractivity contribution in [3.05, 3.63) is 28.5 Å². The summed E-state index contributed by atoms with van der Waals surface area (Å²) in [5, 5.41) is -0.0858. The Labute approximate surface area is 121 Å². The molecule has 0 radical (unpaired) electrons. The van der Waals surface area contributed by atoms with Crippen LogP contribution in [-0.4, -0.2) is 9.55 Å². The van der Waals surface area contributed by atoms with E-state index in [2.05, 4.69) is 58.4 Å². The summed E-state index contributed by atoms with van der Waals surface area (Å²) in [5.74, 6) is 1.49. The number of rotatable bonds is 3. The van der Waals surface area contributed by atoms with E-state index in [4.69, 9.17) is 11.6 Å². The van der Waals surface area contributed by atoms with Crippen molar-refractivity contribution in [2.75, 3.05) is 0 Å². The fourth-order valence-electron chi connectivity index (χ4n) is 2.10. The van der Waals surface area contributed by atoms with Gasteiger partial charge >= 0.3 is 0 Å². The zero-order valence-corrected chi connectivity index (χ0v) is 13.5. The highest BCUT2D eigenvalue weighted by molar-refractivity contribution is 9.10. The van der Waals surface area contributed by atoms with Crippen LogP contribution in [0.1, 0.15) is 44.9 Å². The van der Waals surface area contributed by atoms with Gasteiger partial charge in [0.15, 0.2) is 0 Å². The van der Waals surface area contributed by atoms with E-state index in [0.717, 1.165) is 21.3 Å². The quantitative estimate of drug-likeness (QED) is 0.697. The zero-order valence-electron chi connectivity index (χ0n) is 11.1. The highest BCUT2D eigenvalue weighted by atomic mass is 79.9. The number of fused-ring (bicyclic) bond motifs is 1. The lowest BCUT2D eigenvalue weighted by Gasteiger charge is -2.21. The molecule has 2 rings (SSSR count). The first kappa shape index (κ1) is 13.9. The van der Waals surface area contributed by atoms with Gasteiger partial charge in [-0.2, -0.15) is 0 Å². The summed E-state index contributed by atoms with van der Waals surface area (Å²) in [6.07, 6.45) is 0. The van der Waals surface area contributed by atoms with Crippen molar-refractivity contribution in [2.24, 2.45) is 5.92 Å². The van der Waals surface area contributed by atoms with Crippen LogP contribution in [0, 0.1) is 5.92 Å². The molecule has 18 heavy (non-hydrogen) atoms. The number of alkyl halides is 1. The molecular formula is C14H18BrClN2. The van der Waals surface area contributed by atoms with Gasteiger partial charge in [0.1, 0.15) is 5.82 Å². The lowest BCUT2D eigenvalue weighted by Crippen LogP contribution is -2.14. The van der Waals surface area contributed by atoms with Gasteiger partial charge in [-0.3, -0.25) is 0 Å². The van der Waals surface area contributed by atoms with Crippen LogP contribution in [0.5, 0.6) is 0 Å². The molecule has 1 heterocycles. The monoisotopic (exact) mass is 328 g/mol. The molecule has 98 valence electrons. The standard InChI is InChI=1S/C14H18BrClN2/c1-8(2)10(4)18-13-6-5-11(15)7-12(13)17-14(18)9(3)16/h5-10H,1-4H3. The highest BCUT2D eigenvalue weighted by Gasteiger charge is 2.20. The maximum absolute atomic E-state index is 6.27. The normalized spacial score (nSPS) is 15.3. The van der Waals surface area contributed by atoms with Crippen molar-refractivity contribution in [3.8, 4) is 0 Å².